The van der Waals surface area contributed by atoms with Crippen molar-refractivity contribution in [2.75, 3.05) is 0 Å². The number of ketones is 1. The number of esters is 1. The van der Waals surface area contributed by atoms with Gasteiger partial charge in [0.05, 0.1) is 19.8 Å². The van der Waals surface area contributed by atoms with Crippen molar-refractivity contribution in [2.24, 2.45) is 0 Å². The Morgan fingerprint density at radius 1 is 0.667 bits per heavy atom. The molecule has 0 heterocycles. The number of Topliss-reactive ketones (excluding diaryl/α,β-unsaturated/α-hetero) is 1. The molecular weight excluding hydrogens is 461 g/mol. The second kappa shape index (κ2) is 12.6. The maximum Gasteiger partial charge on any atom is 0.303 e. The number of benzene rings is 3. The third-order valence-corrected chi connectivity index (χ3v) is 5.97. The number of aliphatic hydroxyl groups is 1. The second-order valence-corrected chi connectivity index (χ2v) is 8.66. The Hall–Kier alpha value is -3.36. The van der Waals surface area contributed by atoms with E-state index in [0.29, 0.717) is 0 Å². The van der Waals surface area contributed by atoms with Crippen molar-refractivity contribution in [1.29, 1.82) is 0 Å². The van der Waals surface area contributed by atoms with Crippen LogP contribution in [-0.2, 0) is 48.4 Å². The molecule has 0 bridgehead atoms. The number of carbonyl (C=O) groups is 2. The van der Waals surface area contributed by atoms with E-state index in [1.165, 1.54) is 6.92 Å². The molecule has 7 heteroatoms. The van der Waals surface area contributed by atoms with Crippen LogP contribution in [0.4, 0.5) is 0 Å². The topological polar surface area (TPSA) is 91.3 Å². The van der Waals surface area contributed by atoms with Crippen molar-refractivity contribution in [1.82, 2.24) is 0 Å². The first-order chi connectivity index (χ1) is 17.5. The molecule has 0 spiro atoms. The summed E-state index contributed by atoms with van der Waals surface area (Å²) in [7, 11) is 0. The van der Waals surface area contributed by atoms with E-state index < -0.39 is 42.3 Å². The van der Waals surface area contributed by atoms with Gasteiger partial charge in [-0.05, 0) is 16.7 Å². The molecule has 1 fully saturated rings. The third-order valence-electron chi connectivity index (χ3n) is 5.97. The van der Waals surface area contributed by atoms with Crippen LogP contribution < -0.4 is 0 Å². The number of aliphatic hydroxyl groups excluding tert-OH is 1. The van der Waals surface area contributed by atoms with Gasteiger partial charge in [0.25, 0.3) is 0 Å². The van der Waals surface area contributed by atoms with Gasteiger partial charge in [0.15, 0.2) is 6.10 Å². The molecule has 3 aromatic rings. The van der Waals surface area contributed by atoms with Gasteiger partial charge in [-0.3, -0.25) is 9.59 Å². The Morgan fingerprint density at radius 3 is 1.53 bits per heavy atom. The fourth-order valence-corrected chi connectivity index (χ4v) is 4.18. The Labute approximate surface area is 210 Å². The molecule has 3 aromatic carbocycles. The summed E-state index contributed by atoms with van der Waals surface area (Å²) in [5, 5.41) is 11.1. The maximum atomic E-state index is 13.4. The minimum Gasteiger partial charge on any atom is -0.452 e. The van der Waals surface area contributed by atoms with Crippen LogP contribution in [0.25, 0.3) is 0 Å². The number of hydrogen-bond acceptors (Lipinski definition) is 7. The van der Waals surface area contributed by atoms with E-state index in [9.17, 15) is 14.7 Å². The van der Waals surface area contributed by atoms with E-state index in [0.717, 1.165) is 16.7 Å². The van der Waals surface area contributed by atoms with Gasteiger partial charge in [-0.25, -0.2) is 0 Å². The van der Waals surface area contributed by atoms with Crippen LogP contribution in [0, 0.1) is 0 Å². The summed E-state index contributed by atoms with van der Waals surface area (Å²) in [5.74, 6) is -1.24. The first-order valence-corrected chi connectivity index (χ1v) is 11.9. The van der Waals surface area contributed by atoms with Crippen molar-refractivity contribution in [2.45, 2.75) is 57.3 Å². The first kappa shape index (κ1) is 25.7. The second-order valence-electron chi connectivity index (χ2n) is 8.66. The van der Waals surface area contributed by atoms with E-state index in [1.807, 2.05) is 91.0 Å². The average molecular weight is 492 g/mol. The van der Waals surface area contributed by atoms with Gasteiger partial charge in [0.2, 0.25) is 5.78 Å². The van der Waals surface area contributed by atoms with Crippen molar-refractivity contribution in [3.05, 3.63) is 108 Å². The Balaban J connectivity index is 1.61. The van der Waals surface area contributed by atoms with Crippen molar-refractivity contribution in [3.63, 3.8) is 0 Å². The summed E-state index contributed by atoms with van der Waals surface area (Å²) >= 11 is 0. The molecule has 1 N–H and O–H groups in total. The highest BCUT2D eigenvalue weighted by Gasteiger charge is 2.53. The third kappa shape index (κ3) is 6.65. The standard InChI is InChI=1S/C29H30O7/c1-20(30)36-26-24(31)27(33-17-21-11-5-2-6-12-21)29(35-19-23-15-9-4-10-16-23)28(25(26)32)34-18-22-13-7-3-8-14-22/h2-16,24,26-29,31H,17-19H2,1H3/t24-,26+,27-,28+,29+/m0/s1/i26+1. The lowest BCUT2D eigenvalue weighted by Crippen LogP contribution is -2.64. The summed E-state index contributed by atoms with van der Waals surface area (Å²) in [6.07, 6.45) is -5.91. The molecular formula is C29H30O7. The fourth-order valence-electron chi connectivity index (χ4n) is 4.18. The molecule has 0 saturated heterocycles. The lowest BCUT2D eigenvalue weighted by atomic mass is 9.95. The predicted octanol–water partition coefficient (Wildman–Crippen LogP) is 3.62. The highest BCUT2D eigenvalue weighted by atomic mass is 16.6. The van der Waals surface area contributed by atoms with E-state index in [-0.39, 0.29) is 19.8 Å². The summed E-state index contributed by atoms with van der Waals surface area (Å²) in [4.78, 5) is 25.2. The van der Waals surface area contributed by atoms with Crippen LogP contribution in [-0.4, -0.2) is 47.4 Å². The van der Waals surface area contributed by atoms with Gasteiger partial charge in [-0.1, -0.05) is 91.0 Å². The molecule has 0 aliphatic heterocycles. The Morgan fingerprint density at radius 2 is 1.08 bits per heavy atom. The zero-order valence-electron chi connectivity index (χ0n) is 20.1. The number of ether oxygens (including phenoxy) is 4. The fraction of sp³-hybridized carbons (Fsp3) is 0.310. The molecule has 0 radical (unpaired) electrons. The molecule has 0 unspecified atom stereocenters. The molecule has 1 aliphatic rings. The lowest BCUT2D eigenvalue weighted by Gasteiger charge is -2.42. The number of carbonyl (C=O) groups excluding carboxylic acids is 2. The van der Waals surface area contributed by atoms with Crippen LogP contribution >= 0.6 is 0 Å². The first-order valence-electron chi connectivity index (χ1n) is 11.9. The van der Waals surface area contributed by atoms with E-state index in [1.54, 1.807) is 0 Å². The van der Waals surface area contributed by atoms with Gasteiger partial charge >= 0.3 is 5.97 Å². The molecule has 188 valence electrons. The maximum absolute atomic E-state index is 13.4. The summed E-state index contributed by atoms with van der Waals surface area (Å²) in [6.45, 7) is 1.68. The van der Waals surface area contributed by atoms with Crippen molar-refractivity contribution >= 4 is 11.8 Å². The predicted molar refractivity (Wildman–Crippen MR) is 132 cm³/mol. The van der Waals surface area contributed by atoms with Gasteiger partial charge in [-0.15, -0.1) is 0 Å². The molecule has 1 saturated carbocycles. The molecule has 36 heavy (non-hydrogen) atoms. The summed E-state index contributed by atoms with van der Waals surface area (Å²) in [5.41, 5.74) is 2.64. The summed E-state index contributed by atoms with van der Waals surface area (Å²) < 4.78 is 23.6. The zero-order chi connectivity index (χ0) is 25.3. The molecule has 5 atom stereocenters. The molecule has 4 rings (SSSR count). The van der Waals surface area contributed by atoms with Gasteiger partial charge in [0.1, 0.15) is 24.4 Å². The van der Waals surface area contributed by atoms with Gasteiger partial charge in [0, 0.05) is 6.92 Å². The molecule has 0 aromatic heterocycles. The van der Waals surface area contributed by atoms with Gasteiger partial charge < -0.3 is 24.1 Å². The minimum absolute atomic E-state index is 0.136. The SMILES string of the molecule is CC(=O)O[13C@H]1C(=O)[C@@H](OCc2ccccc2)[C@H](OCc2ccccc2)[C@@H](OCc2ccccc2)[C@H]1O. The zero-order valence-corrected chi connectivity index (χ0v) is 20.1. The van der Waals surface area contributed by atoms with Crippen molar-refractivity contribution < 1.29 is 33.6 Å². The van der Waals surface area contributed by atoms with Crippen LogP contribution in [0.3, 0.4) is 0 Å². The normalized spacial score (nSPS) is 23.8. The number of hydrogen-bond donors (Lipinski definition) is 1. The lowest BCUT2D eigenvalue weighted by molar-refractivity contribution is -0.225. The quantitative estimate of drug-likeness (QED) is 0.342. The number of rotatable bonds is 10. The molecule has 7 nitrogen and oxygen atoms in total. The van der Waals surface area contributed by atoms with E-state index >= 15 is 0 Å². The highest BCUT2D eigenvalue weighted by Crippen LogP contribution is 2.30. The van der Waals surface area contributed by atoms with E-state index in [4.69, 9.17) is 18.9 Å². The summed E-state index contributed by atoms with van der Waals surface area (Å²) in [6, 6.07) is 28.4. The molecule has 1 aliphatic carbocycles. The van der Waals surface area contributed by atoms with Crippen molar-refractivity contribution in [3.8, 4) is 0 Å². The highest BCUT2D eigenvalue weighted by molar-refractivity contribution is 5.91. The smallest absolute Gasteiger partial charge is 0.303 e. The van der Waals surface area contributed by atoms with Crippen LogP contribution in [0.2, 0.25) is 0 Å². The van der Waals surface area contributed by atoms with Crippen LogP contribution in [0.15, 0.2) is 91.0 Å². The van der Waals surface area contributed by atoms with Crippen LogP contribution in [0.5, 0.6) is 0 Å². The molecule has 0 amide bonds. The largest absolute Gasteiger partial charge is 0.452 e. The Bertz CT molecular complexity index is 1100. The average Bonchev–Trinajstić information content (AvgIpc) is 2.90. The van der Waals surface area contributed by atoms with E-state index in [2.05, 4.69) is 0 Å². The Kier molecular flexibility index (Phi) is 8.97. The monoisotopic (exact) mass is 491 g/mol. The van der Waals surface area contributed by atoms with Crippen LogP contribution in [0.1, 0.15) is 23.6 Å². The van der Waals surface area contributed by atoms with Gasteiger partial charge in [-0.2, -0.15) is 0 Å². The minimum atomic E-state index is -1.43.